The number of hydrogen-bond donors (Lipinski definition) is 0. The van der Waals surface area contributed by atoms with Crippen molar-refractivity contribution in [1.29, 1.82) is 0 Å². The van der Waals surface area contributed by atoms with Crippen molar-refractivity contribution < 1.29 is 17.5 Å². The normalized spacial score (nSPS) is 12.4. The molecule has 3 aromatic rings. The third-order valence-corrected chi connectivity index (χ3v) is 7.02. The molecule has 0 saturated heterocycles. The highest BCUT2D eigenvalue weighted by Gasteiger charge is 2.32. The van der Waals surface area contributed by atoms with Crippen LogP contribution in [-0.2, 0) is 10.0 Å². The fourth-order valence-corrected chi connectivity index (χ4v) is 5.01. The van der Waals surface area contributed by atoms with Crippen LogP contribution in [0.25, 0.3) is 0 Å². The third-order valence-electron chi connectivity index (χ3n) is 4.71. The van der Waals surface area contributed by atoms with Crippen LogP contribution in [0, 0.1) is 12.7 Å². The van der Waals surface area contributed by atoms with Crippen LogP contribution < -0.4 is 9.04 Å². The van der Waals surface area contributed by atoms with Gasteiger partial charge in [-0.15, -0.1) is 0 Å². The molecule has 0 aliphatic heterocycles. The lowest BCUT2D eigenvalue weighted by molar-refractivity contribution is 0.415. The average molecular weight is 434 g/mol. The zero-order valence-electron chi connectivity index (χ0n) is 16.3. The lowest BCUT2D eigenvalue weighted by Gasteiger charge is -2.31. The Hall–Kier alpha value is -2.57. The van der Waals surface area contributed by atoms with Crippen molar-refractivity contribution in [1.82, 2.24) is 0 Å². The molecule has 0 spiro atoms. The van der Waals surface area contributed by atoms with Crippen molar-refractivity contribution in [3.05, 3.63) is 88.7 Å². The number of nitrogens with zero attached hydrogens (tertiary/aromatic N) is 1. The highest BCUT2D eigenvalue weighted by Crippen LogP contribution is 2.36. The molecule has 152 valence electrons. The molecule has 0 aromatic heterocycles. The van der Waals surface area contributed by atoms with E-state index in [1.54, 1.807) is 62.4 Å². The standard InChI is InChI=1S/C22H21ClFNO3S/c1-15-11-12-19(14-21(15)23)29(26,27)25(17-7-6-8-18(13-17)28-3)16(2)20-9-4-5-10-22(20)24/h4-14,16H,1-3H3. The van der Waals surface area contributed by atoms with E-state index < -0.39 is 21.9 Å². The van der Waals surface area contributed by atoms with Gasteiger partial charge < -0.3 is 4.74 Å². The second kappa shape index (κ2) is 8.43. The maximum Gasteiger partial charge on any atom is 0.264 e. The van der Waals surface area contributed by atoms with Gasteiger partial charge in [0.2, 0.25) is 0 Å². The number of sulfonamides is 1. The maximum atomic E-state index is 14.5. The molecule has 3 aromatic carbocycles. The molecule has 4 nitrogen and oxygen atoms in total. The lowest BCUT2D eigenvalue weighted by atomic mass is 10.1. The third kappa shape index (κ3) is 4.23. The Labute approximate surface area is 175 Å². The van der Waals surface area contributed by atoms with Gasteiger partial charge >= 0.3 is 0 Å². The molecule has 0 N–H and O–H groups in total. The Morgan fingerprint density at radius 1 is 1.03 bits per heavy atom. The van der Waals surface area contributed by atoms with Crippen molar-refractivity contribution in [2.75, 3.05) is 11.4 Å². The van der Waals surface area contributed by atoms with Crippen LogP contribution in [0.1, 0.15) is 24.1 Å². The molecular weight excluding hydrogens is 413 g/mol. The highest BCUT2D eigenvalue weighted by atomic mass is 35.5. The zero-order chi connectivity index (χ0) is 21.2. The molecular formula is C22H21ClFNO3S. The fraction of sp³-hybridized carbons (Fsp3) is 0.182. The topological polar surface area (TPSA) is 46.6 Å². The minimum atomic E-state index is -4.06. The smallest absolute Gasteiger partial charge is 0.264 e. The number of rotatable bonds is 6. The first-order valence-electron chi connectivity index (χ1n) is 8.94. The molecule has 29 heavy (non-hydrogen) atoms. The minimum Gasteiger partial charge on any atom is -0.497 e. The van der Waals surface area contributed by atoms with Gasteiger partial charge in [0.05, 0.1) is 23.7 Å². The maximum absolute atomic E-state index is 14.5. The molecule has 1 unspecified atom stereocenters. The van der Waals surface area contributed by atoms with Crippen LogP contribution in [0.5, 0.6) is 5.75 Å². The van der Waals surface area contributed by atoms with Crippen LogP contribution in [0.3, 0.4) is 0 Å². The number of anilines is 1. The van der Waals surface area contributed by atoms with Crippen molar-refractivity contribution in [2.45, 2.75) is 24.8 Å². The number of ether oxygens (including phenoxy) is 1. The Balaban J connectivity index is 2.21. The molecule has 0 amide bonds. The summed E-state index contributed by atoms with van der Waals surface area (Å²) < 4.78 is 48.2. The summed E-state index contributed by atoms with van der Waals surface area (Å²) >= 11 is 6.18. The number of hydrogen-bond acceptors (Lipinski definition) is 3. The molecule has 3 rings (SSSR count). The Morgan fingerprint density at radius 2 is 1.76 bits per heavy atom. The SMILES string of the molecule is COc1cccc(N(C(C)c2ccccc2F)S(=O)(=O)c2ccc(C)c(Cl)c2)c1. The van der Waals surface area contributed by atoms with Crippen LogP contribution in [0.15, 0.2) is 71.6 Å². The second-order valence-electron chi connectivity index (χ2n) is 6.61. The molecule has 0 aliphatic rings. The number of halogens is 2. The van der Waals surface area contributed by atoms with Crippen LogP contribution >= 0.6 is 11.6 Å². The monoisotopic (exact) mass is 433 g/mol. The molecule has 7 heteroatoms. The van der Waals surface area contributed by atoms with Crippen LogP contribution in [0.2, 0.25) is 5.02 Å². The van der Waals surface area contributed by atoms with E-state index in [1.165, 1.54) is 29.6 Å². The van der Waals surface area contributed by atoms with Crippen LogP contribution in [0.4, 0.5) is 10.1 Å². The van der Waals surface area contributed by atoms with E-state index in [0.717, 1.165) is 5.56 Å². The van der Waals surface area contributed by atoms with Crippen LogP contribution in [-0.4, -0.2) is 15.5 Å². The Bertz CT molecular complexity index is 1130. The van der Waals surface area contributed by atoms with Gasteiger partial charge in [-0.2, -0.15) is 0 Å². The minimum absolute atomic E-state index is 0.0270. The van der Waals surface area contributed by atoms with E-state index in [2.05, 4.69) is 0 Å². The number of aryl methyl sites for hydroxylation is 1. The number of methoxy groups -OCH3 is 1. The van der Waals surface area contributed by atoms with Gasteiger partial charge in [-0.25, -0.2) is 12.8 Å². The summed E-state index contributed by atoms with van der Waals surface area (Å²) in [4.78, 5) is 0.0270. The van der Waals surface area contributed by atoms with E-state index in [0.29, 0.717) is 16.5 Å². The fourth-order valence-electron chi connectivity index (χ4n) is 3.11. The number of benzene rings is 3. The van der Waals surface area contributed by atoms with Crippen molar-refractivity contribution in [3.63, 3.8) is 0 Å². The molecule has 0 aliphatic carbocycles. The second-order valence-corrected chi connectivity index (χ2v) is 8.83. The summed E-state index contributed by atoms with van der Waals surface area (Å²) in [5, 5.41) is 0.343. The van der Waals surface area contributed by atoms with E-state index in [9.17, 15) is 12.8 Å². The molecule has 0 heterocycles. The van der Waals surface area contributed by atoms with E-state index in [-0.39, 0.29) is 10.5 Å². The summed E-state index contributed by atoms with van der Waals surface area (Å²) in [7, 11) is -2.56. The predicted molar refractivity (Wildman–Crippen MR) is 114 cm³/mol. The first-order valence-corrected chi connectivity index (χ1v) is 10.8. The first-order chi connectivity index (χ1) is 13.8. The predicted octanol–water partition coefficient (Wildman–Crippen LogP) is 5.75. The molecule has 1 atom stereocenters. The largest absolute Gasteiger partial charge is 0.497 e. The summed E-state index contributed by atoms with van der Waals surface area (Å²) in [5.41, 5.74) is 1.38. The average Bonchev–Trinajstić information content (AvgIpc) is 2.70. The molecule has 0 bridgehead atoms. The quantitative estimate of drug-likeness (QED) is 0.497. The van der Waals surface area contributed by atoms with Gasteiger partial charge in [0.25, 0.3) is 10.0 Å². The lowest BCUT2D eigenvalue weighted by Crippen LogP contribution is -2.34. The Morgan fingerprint density at radius 3 is 2.41 bits per heavy atom. The molecule has 0 fully saturated rings. The van der Waals surface area contributed by atoms with Gasteiger partial charge in [0.15, 0.2) is 0 Å². The summed E-state index contributed by atoms with van der Waals surface area (Å²) in [6.07, 6.45) is 0. The highest BCUT2D eigenvalue weighted by molar-refractivity contribution is 7.92. The van der Waals surface area contributed by atoms with E-state index >= 15 is 0 Å². The zero-order valence-corrected chi connectivity index (χ0v) is 17.8. The summed E-state index contributed by atoms with van der Waals surface area (Å²) in [6.45, 7) is 3.44. The van der Waals surface area contributed by atoms with Gasteiger partial charge in [-0.3, -0.25) is 4.31 Å². The van der Waals surface area contributed by atoms with Gasteiger partial charge in [-0.1, -0.05) is 41.9 Å². The molecule has 0 radical (unpaired) electrons. The van der Waals surface area contributed by atoms with Gasteiger partial charge in [0.1, 0.15) is 11.6 Å². The van der Waals surface area contributed by atoms with Crippen molar-refractivity contribution >= 4 is 27.3 Å². The Kier molecular flexibility index (Phi) is 6.15. The summed E-state index contributed by atoms with van der Waals surface area (Å²) in [5.74, 6) is 0.00964. The van der Waals surface area contributed by atoms with E-state index in [1.807, 2.05) is 0 Å². The van der Waals surface area contributed by atoms with Gasteiger partial charge in [0, 0.05) is 16.7 Å². The first kappa shape index (κ1) is 21.1. The summed E-state index contributed by atoms with van der Waals surface area (Å²) in [6, 6.07) is 16.5. The van der Waals surface area contributed by atoms with Gasteiger partial charge in [-0.05, 0) is 49.7 Å². The molecule has 0 saturated carbocycles. The van der Waals surface area contributed by atoms with Crippen molar-refractivity contribution in [2.24, 2.45) is 0 Å². The van der Waals surface area contributed by atoms with E-state index in [4.69, 9.17) is 16.3 Å². The van der Waals surface area contributed by atoms with Crippen molar-refractivity contribution in [3.8, 4) is 5.75 Å².